The summed E-state index contributed by atoms with van der Waals surface area (Å²) in [5.74, 6) is -0.406. The number of allylic oxidation sites excluding steroid dienone is 3. The predicted octanol–water partition coefficient (Wildman–Crippen LogP) is 12.9. The van der Waals surface area contributed by atoms with E-state index >= 15 is 0 Å². The molecule has 0 radical (unpaired) electrons. The van der Waals surface area contributed by atoms with Gasteiger partial charge in [0.05, 0.1) is 16.7 Å². The van der Waals surface area contributed by atoms with Gasteiger partial charge in [0.1, 0.15) is 35.8 Å². The molecule has 0 N–H and O–H groups in total. The molecule has 2 aliphatic carbocycles. The Kier molecular flexibility index (Phi) is 9.43. The molecule has 0 bridgehead atoms. The fourth-order valence-corrected chi connectivity index (χ4v) is 8.49. The summed E-state index contributed by atoms with van der Waals surface area (Å²) in [6, 6.07) is 19.6. The Balaban J connectivity index is 1.80. The van der Waals surface area contributed by atoms with Crippen LogP contribution in [0.5, 0.6) is 0 Å². The average molecular weight is 861 g/mol. The lowest BCUT2D eigenvalue weighted by Gasteiger charge is -2.40. The number of hydrogen-bond donors (Lipinski definition) is 0. The normalized spacial score (nSPS) is 14.8. The number of rotatable bonds is 5. The molecule has 4 nitrogen and oxygen atoms in total. The van der Waals surface area contributed by atoms with E-state index in [-0.39, 0.29) is 90.2 Å². The number of aryl methyl sites for hydroxylation is 1. The second kappa shape index (κ2) is 13.7. The summed E-state index contributed by atoms with van der Waals surface area (Å²) in [5, 5.41) is 20.7. The van der Waals surface area contributed by atoms with E-state index in [1.165, 1.54) is 0 Å². The molecule has 0 amide bonds. The quantitative estimate of drug-likeness (QED) is 0.100. The van der Waals surface area contributed by atoms with Gasteiger partial charge in [0.15, 0.2) is 0 Å². The van der Waals surface area contributed by atoms with E-state index in [2.05, 4.69) is 9.69 Å². The van der Waals surface area contributed by atoms with E-state index in [4.69, 9.17) is 13.1 Å². The molecule has 0 saturated heterocycles. The molecular formula is C45H23F11N4S. The molecule has 0 atom stereocenters. The molecule has 61 heavy (non-hydrogen) atoms. The lowest BCUT2D eigenvalue weighted by Crippen LogP contribution is -2.25. The standard InChI is InChI=1S/C45H23F11N4S/c1-24-4-6-25(7-5-24)40-36(43(59-2)60-3)21-35-39(27-10-16-31(17-11-27)45(49,50)51)41-34(38(42(35)40)26-8-14-30(15-9-26)44(46,47)48)20-33(29(22-57)23-58)37(41)28-12-18-32(19-13-28)61(52,53,54,55)56/h4-19H,20-21H2,1H3. The number of nitriles is 2. The first-order chi connectivity index (χ1) is 28.4. The maximum absolute atomic E-state index is 14.0. The molecule has 7 rings (SSSR count). The topological polar surface area (TPSA) is 56.3 Å². The van der Waals surface area contributed by atoms with Crippen molar-refractivity contribution in [3.05, 3.63) is 192 Å². The van der Waals surface area contributed by atoms with Crippen LogP contribution in [0.25, 0.3) is 43.1 Å². The monoisotopic (exact) mass is 860 g/mol. The minimum absolute atomic E-state index is 0.0307. The maximum Gasteiger partial charge on any atom is 0.523 e. The number of benzene rings is 5. The Bertz CT molecular complexity index is 3050. The van der Waals surface area contributed by atoms with Gasteiger partial charge in [0, 0.05) is 6.42 Å². The summed E-state index contributed by atoms with van der Waals surface area (Å²) in [5.41, 5.74) is -0.591. The number of hydrogen-bond acceptors (Lipinski definition) is 2. The van der Waals surface area contributed by atoms with Crippen LogP contribution in [0, 0.1) is 42.7 Å². The molecule has 16 heteroatoms. The zero-order chi connectivity index (χ0) is 44.5. The number of halogens is 11. The van der Waals surface area contributed by atoms with Crippen LogP contribution in [0.15, 0.2) is 124 Å². The maximum atomic E-state index is 14.0. The summed E-state index contributed by atoms with van der Waals surface area (Å²) in [4.78, 5) is 4.65. The van der Waals surface area contributed by atoms with Gasteiger partial charge < -0.3 is 0 Å². The Hall–Kier alpha value is -7.14. The molecule has 0 heterocycles. The van der Waals surface area contributed by atoms with Crippen LogP contribution >= 0.6 is 10.2 Å². The van der Waals surface area contributed by atoms with Crippen molar-refractivity contribution in [3.8, 4) is 34.4 Å². The molecule has 0 aromatic heterocycles. The first kappa shape index (κ1) is 42.0. The van der Waals surface area contributed by atoms with Gasteiger partial charge >= 0.3 is 28.4 Å². The van der Waals surface area contributed by atoms with Gasteiger partial charge in [-0.15, -0.1) is 0 Å². The van der Waals surface area contributed by atoms with Crippen molar-refractivity contribution in [3.63, 3.8) is 0 Å². The van der Waals surface area contributed by atoms with Gasteiger partial charge in [-0.25, -0.2) is 0 Å². The van der Waals surface area contributed by atoms with Crippen LogP contribution < -0.4 is 10.4 Å². The van der Waals surface area contributed by atoms with Crippen molar-refractivity contribution in [2.45, 2.75) is 37.0 Å². The van der Waals surface area contributed by atoms with Crippen LogP contribution in [-0.2, 0) is 25.2 Å². The smallest absolute Gasteiger partial charge is 0.192 e. The van der Waals surface area contributed by atoms with Crippen molar-refractivity contribution >= 4 is 21.4 Å². The van der Waals surface area contributed by atoms with Gasteiger partial charge in [-0.1, -0.05) is 85.7 Å². The van der Waals surface area contributed by atoms with Gasteiger partial charge in [0.2, 0.25) is 0 Å². The predicted molar refractivity (Wildman–Crippen MR) is 206 cm³/mol. The highest BCUT2D eigenvalue weighted by Gasteiger charge is 2.65. The van der Waals surface area contributed by atoms with E-state index in [0.717, 1.165) is 54.1 Å². The van der Waals surface area contributed by atoms with E-state index in [0.29, 0.717) is 17.7 Å². The zero-order valence-corrected chi connectivity index (χ0v) is 31.8. The van der Waals surface area contributed by atoms with Crippen LogP contribution in [0.1, 0.15) is 38.9 Å². The van der Waals surface area contributed by atoms with E-state index in [9.17, 15) is 56.3 Å². The first-order valence-corrected chi connectivity index (χ1v) is 19.6. The van der Waals surface area contributed by atoms with Crippen molar-refractivity contribution < 1.29 is 45.8 Å². The molecule has 2 aliphatic rings. The summed E-state index contributed by atoms with van der Waals surface area (Å²) < 4.78 is 153. The van der Waals surface area contributed by atoms with Crippen molar-refractivity contribution in [1.29, 1.82) is 10.5 Å². The molecule has 0 spiro atoms. The second-order valence-corrected chi connectivity index (χ2v) is 16.6. The minimum Gasteiger partial charge on any atom is -0.192 e. The van der Waals surface area contributed by atoms with Crippen LogP contribution in [0.2, 0.25) is 0 Å². The Labute approximate surface area is 340 Å². The second-order valence-electron chi connectivity index (χ2n) is 14.2. The number of fused-ring (bicyclic) bond motifs is 2. The van der Waals surface area contributed by atoms with Gasteiger partial charge in [0.25, 0.3) is 0 Å². The van der Waals surface area contributed by atoms with Crippen LogP contribution in [0.3, 0.4) is 0 Å². The highest BCUT2D eigenvalue weighted by molar-refractivity contribution is 8.45. The molecule has 306 valence electrons. The van der Waals surface area contributed by atoms with Crippen molar-refractivity contribution in [2.75, 3.05) is 0 Å². The highest BCUT2D eigenvalue weighted by atomic mass is 32.5. The fraction of sp³-hybridized carbons (Fsp3) is 0.111. The lowest BCUT2D eigenvalue weighted by atomic mass is 9.85. The van der Waals surface area contributed by atoms with Crippen molar-refractivity contribution in [1.82, 2.24) is 0 Å². The highest BCUT2D eigenvalue weighted by Crippen LogP contribution is 3.02. The summed E-state index contributed by atoms with van der Waals surface area (Å²) in [6.45, 7) is 17.6. The molecule has 5 aromatic rings. The SMILES string of the molecule is [C-]#[N+]C([N+]#[C-])=C1Cc2c(-c3ccc(C(F)(F)F)cc3)c3c(c(-c4ccc(C(F)(F)F)cc4)c2=C1c1ccc(C)cc1)CC(=C(C#N)C#N)C=3c1ccc(S(F)(F)(F)(F)F)cc1. The largest absolute Gasteiger partial charge is 0.523 e. The average Bonchev–Trinajstić information content (AvgIpc) is 3.76. The van der Waals surface area contributed by atoms with Gasteiger partial charge in [-0.3, -0.25) is 0 Å². The summed E-state index contributed by atoms with van der Waals surface area (Å²) >= 11 is 0. The third-order valence-corrected chi connectivity index (χ3v) is 11.6. The Morgan fingerprint density at radius 1 is 0.557 bits per heavy atom. The molecule has 0 fully saturated rings. The summed E-state index contributed by atoms with van der Waals surface area (Å²) in [7, 11) is -10.2. The third kappa shape index (κ3) is 7.52. The molecule has 0 aliphatic heterocycles. The molecule has 0 saturated carbocycles. The molecular weight excluding hydrogens is 838 g/mol. The zero-order valence-electron chi connectivity index (χ0n) is 31.0. The molecule has 0 unspecified atom stereocenters. The van der Waals surface area contributed by atoms with E-state index in [1.807, 2.05) is 0 Å². The third-order valence-electron chi connectivity index (χ3n) is 10.5. The minimum atomic E-state index is -10.2. The number of alkyl halides is 6. The van der Waals surface area contributed by atoms with Crippen molar-refractivity contribution in [2.24, 2.45) is 0 Å². The fourth-order valence-electron chi connectivity index (χ4n) is 7.84. The Morgan fingerprint density at radius 3 is 1.28 bits per heavy atom. The van der Waals surface area contributed by atoms with Gasteiger partial charge in [-0.2, -0.15) is 46.6 Å². The van der Waals surface area contributed by atoms with E-state index < -0.39 is 56.4 Å². The lowest BCUT2D eigenvalue weighted by molar-refractivity contribution is -0.138. The van der Waals surface area contributed by atoms with E-state index in [1.54, 1.807) is 43.3 Å². The van der Waals surface area contributed by atoms with Gasteiger partial charge in [-0.05, 0) is 121 Å². The van der Waals surface area contributed by atoms with Crippen LogP contribution in [0.4, 0.5) is 45.8 Å². The Morgan fingerprint density at radius 2 is 0.918 bits per heavy atom. The number of nitrogens with zero attached hydrogens (tertiary/aromatic N) is 4. The first-order valence-electron chi connectivity index (χ1n) is 17.7. The molecule has 5 aromatic carbocycles. The summed E-state index contributed by atoms with van der Waals surface area (Å²) in [6.07, 6.45) is -10.3. The van der Waals surface area contributed by atoms with Crippen LogP contribution in [-0.4, -0.2) is 0 Å².